The monoisotopic (exact) mass is 310 g/mol. The van der Waals surface area contributed by atoms with E-state index < -0.39 is 23.1 Å². The summed E-state index contributed by atoms with van der Waals surface area (Å²) in [6.07, 6.45) is -4.35. The molecular weight excluding hydrogens is 301 g/mol. The molecule has 6 heteroatoms. The smallest absolute Gasteiger partial charge is 0.416 e. The third-order valence-electron chi connectivity index (χ3n) is 3.07. The van der Waals surface area contributed by atoms with Gasteiger partial charge in [0.2, 0.25) is 0 Å². The number of hydrogen-bond acceptors (Lipinski definition) is 3. The third-order valence-corrected chi connectivity index (χ3v) is 4.18. The Morgan fingerprint density at radius 1 is 1.00 bits per heavy atom. The SMILES string of the molecule is O=C1OC(Sc2ccc(C(F)(F)F)cc2)c2ccccc21. The van der Waals surface area contributed by atoms with E-state index in [0.717, 1.165) is 17.7 Å². The summed E-state index contributed by atoms with van der Waals surface area (Å²) in [4.78, 5) is 12.3. The van der Waals surface area contributed by atoms with Crippen molar-refractivity contribution in [3.05, 3.63) is 65.2 Å². The van der Waals surface area contributed by atoms with Crippen LogP contribution in [0.5, 0.6) is 0 Å². The fourth-order valence-electron chi connectivity index (χ4n) is 2.05. The highest BCUT2D eigenvalue weighted by Crippen LogP contribution is 2.43. The molecule has 0 N–H and O–H groups in total. The summed E-state index contributed by atoms with van der Waals surface area (Å²) in [6.45, 7) is 0. The lowest BCUT2D eigenvalue weighted by Gasteiger charge is -2.11. The summed E-state index contributed by atoms with van der Waals surface area (Å²) in [6, 6.07) is 11.8. The summed E-state index contributed by atoms with van der Waals surface area (Å²) in [7, 11) is 0. The topological polar surface area (TPSA) is 26.3 Å². The first-order valence-electron chi connectivity index (χ1n) is 6.09. The number of hydrogen-bond donors (Lipinski definition) is 0. The molecule has 108 valence electrons. The molecule has 0 saturated carbocycles. The van der Waals surface area contributed by atoms with E-state index in [1.54, 1.807) is 24.3 Å². The molecule has 3 rings (SSSR count). The maximum Gasteiger partial charge on any atom is 0.416 e. The Balaban J connectivity index is 1.81. The Kier molecular flexibility index (Phi) is 3.41. The molecule has 0 bridgehead atoms. The number of benzene rings is 2. The summed E-state index contributed by atoms with van der Waals surface area (Å²) in [5, 5.41) is 0. The zero-order chi connectivity index (χ0) is 15.0. The van der Waals surface area contributed by atoms with Crippen LogP contribution in [-0.4, -0.2) is 5.97 Å². The van der Waals surface area contributed by atoms with Crippen molar-refractivity contribution in [1.82, 2.24) is 0 Å². The van der Waals surface area contributed by atoms with E-state index in [0.29, 0.717) is 10.5 Å². The molecule has 2 nitrogen and oxygen atoms in total. The predicted molar refractivity (Wildman–Crippen MR) is 71.9 cm³/mol. The number of fused-ring (bicyclic) bond motifs is 1. The van der Waals surface area contributed by atoms with Crippen LogP contribution in [0.2, 0.25) is 0 Å². The normalized spacial score (nSPS) is 17.5. The van der Waals surface area contributed by atoms with Gasteiger partial charge in [0.15, 0.2) is 5.44 Å². The van der Waals surface area contributed by atoms with Crippen molar-refractivity contribution < 1.29 is 22.7 Å². The van der Waals surface area contributed by atoms with Crippen molar-refractivity contribution in [2.24, 2.45) is 0 Å². The zero-order valence-corrected chi connectivity index (χ0v) is 11.4. The lowest BCUT2D eigenvalue weighted by Crippen LogP contribution is -2.04. The largest absolute Gasteiger partial charge is 0.442 e. The van der Waals surface area contributed by atoms with Crippen LogP contribution < -0.4 is 0 Å². The van der Waals surface area contributed by atoms with Gasteiger partial charge < -0.3 is 4.74 Å². The summed E-state index contributed by atoms with van der Waals surface area (Å²) < 4.78 is 42.7. The Morgan fingerprint density at radius 3 is 2.33 bits per heavy atom. The van der Waals surface area contributed by atoms with Gasteiger partial charge in [-0.3, -0.25) is 0 Å². The van der Waals surface area contributed by atoms with Gasteiger partial charge in [0.1, 0.15) is 0 Å². The molecule has 2 aromatic rings. The number of rotatable bonds is 2. The van der Waals surface area contributed by atoms with Gasteiger partial charge in [-0.2, -0.15) is 13.2 Å². The van der Waals surface area contributed by atoms with Gasteiger partial charge in [0.05, 0.1) is 11.1 Å². The van der Waals surface area contributed by atoms with Gasteiger partial charge in [-0.25, -0.2) is 4.79 Å². The second-order valence-corrected chi connectivity index (χ2v) is 5.60. The molecule has 0 saturated heterocycles. The molecule has 0 aromatic heterocycles. The molecular formula is C15H9F3O2S. The third kappa shape index (κ3) is 2.76. The fraction of sp³-hybridized carbons (Fsp3) is 0.133. The van der Waals surface area contributed by atoms with E-state index in [9.17, 15) is 18.0 Å². The van der Waals surface area contributed by atoms with E-state index in [4.69, 9.17) is 4.74 Å². The quantitative estimate of drug-likeness (QED) is 0.754. The van der Waals surface area contributed by atoms with E-state index in [1.807, 2.05) is 0 Å². The zero-order valence-electron chi connectivity index (χ0n) is 10.6. The average molecular weight is 310 g/mol. The molecule has 0 radical (unpaired) electrons. The molecule has 0 fully saturated rings. The fourth-order valence-corrected chi connectivity index (χ4v) is 3.05. The van der Waals surface area contributed by atoms with Gasteiger partial charge >= 0.3 is 12.1 Å². The Morgan fingerprint density at radius 2 is 1.67 bits per heavy atom. The number of cyclic esters (lactones) is 1. The molecule has 1 aliphatic heterocycles. The van der Waals surface area contributed by atoms with E-state index in [-0.39, 0.29) is 0 Å². The predicted octanol–water partition coefficient (Wildman–Crippen LogP) is 4.67. The van der Waals surface area contributed by atoms with Gasteiger partial charge in [-0.05, 0) is 30.3 Å². The van der Waals surface area contributed by atoms with E-state index in [1.165, 1.54) is 23.9 Å². The first-order valence-corrected chi connectivity index (χ1v) is 6.97. The van der Waals surface area contributed by atoms with Gasteiger partial charge in [0.25, 0.3) is 0 Å². The molecule has 0 spiro atoms. The van der Waals surface area contributed by atoms with E-state index >= 15 is 0 Å². The molecule has 1 atom stereocenters. The number of thioether (sulfide) groups is 1. The Hall–Kier alpha value is -1.95. The summed E-state index contributed by atoms with van der Waals surface area (Å²) in [5.74, 6) is -0.407. The van der Waals surface area contributed by atoms with Gasteiger partial charge in [-0.1, -0.05) is 30.0 Å². The summed E-state index contributed by atoms with van der Waals surface area (Å²) >= 11 is 1.21. The minimum atomic E-state index is -4.35. The van der Waals surface area contributed by atoms with Crippen molar-refractivity contribution in [3.8, 4) is 0 Å². The standard InChI is InChI=1S/C15H9F3O2S/c16-15(17,18)9-5-7-10(8-6-9)21-14-12-4-2-1-3-11(12)13(19)20-14/h1-8,14H. The molecule has 1 unspecified atom stereocenters. The molecule has 0 amide bonds. The van der Waals surface area contributed by atoms with Crippen LogP contribution in [0.15, 0.2) is 53.4 Å². The number of ether oxygens (including phenoxy) is 1. The van der Waals surface area contributed by atoms with Crippen LogP contribution in [0.1, 0.15) is 26.9 Å². The number of esters is 1. The number of halogens is 3. The number of carbonyl (C=O) groups excluding carboxylic acids is 1. The Bertz CT molecular complexity index is 680. The van der Waals surface area contributed by atoms with Crippen molar-refractivity contribution in [2.75, 3.05) is 0 Å². The van der Waals surface area contributed by atoms with Crippen LogP contribution in [-0.2, 0) is 10.9 Å². The van der Waals surface area contributed by atoms with Crippen molar-refractivity contribution in [2.45, 2.75) is 16.5 Å². The number of carbonyl (C=O) groups is 1. The van der Waals surface area contributed by atoms with Gasteiger partial charge in [0, 0.05) is 10.5 Å². The second kappa shape index (κ2) is 5.11. The highest BCUT2D eigenvalue weighted by atomic mass is 32.2. The van der Waals surface area contributed by atoms with Crippen LogP contribution in [0, 0.1) is 0 Å². The van der Waals surface area contributed by atoms with Gasteiger partial charge in [-0.15, -0.1) is 0 Å². The molecule has 21 heavy (non-hydrogen) atoms. The van der Waals surface area contributed by atoms with Crippen LogP contribution in [0.3, 0.4) is 0 Å². The first kappa shape index (κ1) is 14.0. The summed E-state index contributed by atoms with van der Waals surface area (Å²) in [5.41, 5.74) is 0.0235. The van der Waals surface area contributed by atoms with E-state index in [2.05, 4.69) is 0 Å². The van der Waals surface area contributed by atoms with Crippen LogP contribution in [0.4, 0.5) is 13.2 Å². The second-order valence-electron chi connectivity index (χ2n) is 4.46. The Labute approximate surface area is 122 Å². The minimum Gasteiger partial charge on any atom is -0.442 e. The lowest BCUT2D eigenvalue weighted by atomic mass is 10.1. The lowest BCUT2D eigenvalue weighted by molar-refractivity contribution is -0.137. The molecule has 1 heterocycles. The van der Waals surface area contributed by atoms with Crippen molar-refractivity contribution in [1.29, 1.82) is 0 Å². The highest BCUT2D eigenvalue weighted by Gasteiger charge is 2.32. The molecule has 0 aliphatic carbocycles. The van der Waals surface area contributed by atoms with Crippen molar-refractivity contribution >= 4 is 17.7 Å². The van der Waals surface area contributed by atoms with Crippen LogP contribution in [0.25, 0.3) is 0 Å². The maximum absolute atomic E-state index is 12.5. The maximum atomic E-state index is 12.5. The average Bonchev–Trinajstić information content (AvgIpc) is 2.76. The first-order chi connectivity index (χ1) is 9.95. The van der Waals surface area contributed by atoms with Crippen molar-refractivity contribution in [3.63, 3.8) is 0 Å². The van der Waals surface area contributed by atoms with Crippen LogP contribution >= 0.6 is 11.8 Å². The minimum absolute atomic E-state index is 0.407. The molecule has 2 aromatic carbocycles. The number of alkyl halides is 3. The molecule has 1 aliphatic rings. The highest BCUT2D eigenvalue weighted by molar-refractivity contribution is 7.99.